The van der Waals surface area contributed by atoms with Crippen molar-refractivity contribution in [2.24, 2.45) is 5.92 Å². The summed E-state index contributed by atoms with van der Waals surface area (Å²) in [6, 6.07) is 10.5. The van der Waals surface area contributed by atoms with Crippen molar-refractivity contribution in [3.8, 4) is 6.07 Å². The van der Waals surface area contributed by atoms with Gasteiger partial charge in [0.25, 0.3) is 0 Å². The van der Waals surface area contributed by atoms with E-state index in [9.17, 15) is 0 Å². The van der Waals surface area contributed by atoms with Gasteiger partial charge in [-0.15, -0.1) is 0 Å². The number of benzene rings is 1. The molecule has 1 nitrogen and oxygen atoms in total. The highest BCUT2D eigenvalue weighted by Crippen LogP contribution is 2.38. The molecule has 1 aromatic carbocycles. The van der Waals surface area contributed by atoms with Crippen molar-refractivity contribution < 1.29 is 0 Å². The molecule has 0 atom stereocenters. The van der Waals surface area contributed by atoms with E-state index in [-0.39, 0.29) is 0 Å². The van der Waals surface area contributed by atoms with Gasteiger partial charge in [-0.1, -0.05) is 38.0 Å². The molecule has 1 aliphatic rings. The minimum Gasteiger partial charge on any atom is -0.192 e. The molecule has 0 aromatic heterocycles. The number of hydrogen-bond donors (Lipinski definition) is 0. The lowest BCUT2D eigenvalue weighted by molar-refractivity contribution is 0.308. The maximum Gasteiger partial charge on any atom is 0.0994 e. The summed E-state index contributed by atoms with van der Waals surface area (Å²) in [6.07, 6.45) is 7.92. The molecular weight excluding hydrogens is 206 g/mol. The quantitative estimate of drug-likeness (QED) is 0.738. The average Bonchev–Trinajstić information content (AvgIpc) is 2.40. The fourth-order valence-electron chi connectivity index (χ4n) is 3.13. The molecule has 1 saturated carbocycles. The summed E-state index contributed by atoms with van der Waals surface area (Å²) in [5.74, 6) is 1.56. The van der Waals surface area contributed by atoms with E-state index >= 15 is 0 Å². The van der Waals surface area contributed by atoms with Crippen LogP contribution in [0.4, 0.5) is 0 Å². The summed E-state index contributed by atoms with van der Waals surface area (Å²) in [7, 11) is 0. The third-order valence-corrected chi connectivity index (χ3v) is 4.06. The molecule has 0 bridgehead atoms. The van der Waals surface area contributed by atoms with Crippen molar-refractivity contribution in [2.45, 2.75) is 51.4 Å². The van der Waals surface area contributed by atoms with E-state index in [1.54, 1.807) is 0 Å². The van der Waals surface area contributed by atoms with Gasteiger partial charge in [0.2, 0.25) is 0 Å². The number of hydrogen-bond acceptors (Lipinski definition) is 1. The monoisotopic (exact) mass is 227 g/mol. The molecule has 1 aromatic rings. The van der Waals surface area contributed by atoms with Crippen molar-refractivity contribution in [3.63, 3.8) is 0 Å². The molecule has 0 unspecified atom stereocenters. The van der Waals surface area contributed by atoms with Gasteiger partial charge in [0, 0.05) is 0 Å². The molecule has 0 heterocycles. The van der Waals surface area contributed by atoms with E-state index in [4.69, 9.17) is 5.26 Å². The summed E-state index contributed by atoms with van der Waals surface area (Å²) in [5.41, 5.74) is 2.16. The van der Waals surface area contributed by atoms with E-state index in [2.05, 4.69) is 25.1 Å². The van der Waals surface area contributed by atoms with Crippen LogP contribution in [-0.4, -0.2) is 0 Å². The van der Waals surface area contributed by atoms with Crippen LogP contribution in [0.15, 0.2) is 24.3 Å². The first-order valence-corrected chi connectivity index (χ1v) is 6.84. The second kappa shape index (κ2) is 5.87. The summed E-state index contributed by atoms with van der Waals surface area (Å²) in [4.78, 5) is 0. The highest BCUT2D eigenvalue weighted by Gasteiger charge is 2.23. The Morgan fingerprint density at radius 1 is 1.18 bits per heavy atom. The largest absolute Gasteiger partial charge is 0.192 e. The third kappa shape index (κ3) is 2.88. The van der Waals surface area contributed by atoms with Crippen molar-refractivity contribution in [1.29, 1.82) is 5.26 Å². The lowest BCUT2D eigenvalue weighted by atomic mass is 9.76. The van der Waals surface area contributed by atoms with Crippen LogP contribution >= 0.6 is 0 Å². The smallest absolute Gasteiger partial charge is 0.0994 e. The number of rotatable bonds is 3. The fourth-order valence-corrected chi connectivity index (χ4v) is 3.13. The van der Waals surface area contributed by atoms with Gasteiger partial charge in [-0.2, -0.15) is 5.26 Å². The van der Waals surface area contributed by atoms with Crippen LogP contribution in [0.25, 0.3) is 0 Å². The summed E-state index contributed by atoms with van der Waals surface area (Å²) >= 11 is 0. The van der Waals surface area contributed by atoms with Gasteiger partial charge in [-0.05, 0) is 49.1 Å². The number of nitriles is 1. The van der Waals surface area contributed by atoms with Gasteiger partial charge in [-0.3, -0.25) is 0 Å². The van der Waals surface area contributed by atoms with Crippen molar-refractivity contribution >= 4 is 0 Å². The minimum absolute atomic E-state index is 0.624. The minimum atomic E-state index is 0.624. The Hall–Kier alpha value is -1.29. The molecule has 0 aliphatic heterocycles. The van der Waals surface area contributed by atoms with Crippen molar-refractivity contribution in [3.05, 3.63) is 35.4 Å². The lowest BCUT2D eigenvalue weighted by Gasteiger charge is -2.29. The maximum atomic E-state index is 9.14. The first-order chi connectivity index (χ1) is 8.35. The third-order valence-electron chi connectivity index (χ3n) is 4.06. The molecule has 0 N–H and O–H groups in total. The van der Waals surface area contributed by atoms with Crippen LogP contribution in [0, 0.1) is 17.2 Å². The Labute approximate surface area is 104 Å². The summed E-state index contributed by atoms with van der Waals surface area (Å²) < 4.78 is 0. The molecule has 1 aliphatic carbocycles. The van der Waals surface area contributed by atoms with Crippen molar-refractivity contribution in [1.82, 2.24) is 0 Å². The molecule has 2 rings (SSSR count). The molecular formula is C16H21N. The molecule has 0 spiro atoms. The fraction of sp³-hybridized carbons (Fsp3) is 0.562. The highest BCUT2D eigenvalue weighted by molar-refractivity contribution is 5.39. The lowest BCUT2D eigenvalue weighted by Crippen LogP contribution is -2.14. The van der Waals surface area contributed by atoms with E-state index < -0.39 is 0 Å². The normalized spacial score (nSPS) is 24.2. The number of nitrogens with zero attached hydrogens (tertiary/aromatic N) is 1. The molecule has 90 valence electrons. The Balaban J connectivity index is 2.03. The van der Waals surface area contributed by atoms with Crippen LogP contribution < -0.4 is 0 Å². The predicted octanol–water partition coefficient (Wildman–Crippen LogP) is 4.63. The van der Waals surface area contributed by atoms with Gasteiger partial charge >= 0.3 is 0 Å². The van der Waals surface area contributed by atoms with Gasteiger partial charge < -0.3 is 0 Å². The van der Waals surface area contributed by atoms with Gasteiger partial charge in [-0.25, -0.2) is 0 Å². The topological polar surface area (TPSA) is 23.8 Å². The van der Waals surface area contributed by atoms with Crippen LogP contribution in [-0.2, 0) is 0 Å². The van der Waals surface area contributed by atoms with Crippen LogP contribution in [0.2, 0.25) is 0 Å². The van der Waals surface area contributed by atoms with Crippen LogP contribution in [0.5, 0.6) is 0 Å². The molecule has 1 fully saturated rings. The highest BCUT2D eigenvalue weighted by atomic mass is 14.3. The predicted molar refractivity (Wildman–Crippen MR) is 70.8 cm³/mol. The van der Waals surface area contributed by atoms with Gasteiger partial charge in [0.05, 0.1) is 11.6 Å². The zero-order valence-electron chi connectivity index (χ0n) is 10.7. The first kappa shape index (κ1) is 12.2. The van der Waals surface area contributed by atoms with E-state index in [0.717, 1.165) is 11.5 Å². The van der Waals surface area contributed by atoms with Gasteiger partial charge in [0.15, 0.2) is 0 Å². The first-order valence-electron chi connectivity index (χ1n) is 6.84. The van der Waals surface area contributed by atoms with E-state index in [1.807, 2.05) is 12.1 Å². The molecule has 0 saturated heterocycles. The zero-order valence-corrected chi connectivity index (χ0v) is 10.7. The second-order valence-electron chi connectivity index (χ2n) is 5.21. The summed E-state index contributed by atoms with van der Waals surface area (Å²) in [5, 5.41) is 9.14. The zero-order chi connectivity index (χ0) is 12.1. The Bertz CT molecular complexity index is 394. The van der Waals surface area contributed by atoms with Crippen LogP contribution in [0.1, 0.15) is 62.5 Å². The van der Waals surface area contributed by atoms with E-state index in [0.29, 0.717) is 5.92 Å². The Morgan fingerprint density at radius 3 is 2.53 bits per heavy atom. The molecule has 17 heavy (non-hydrogen) atoms. The maximum absolute atomic E-state index is 9.14. The standard InChI is InChI=1S/C16H21N/c1-2-5-13-8-10-14(11-9-13)16-7-4-3-6-15(16)12-17/h3-4,6-7,13-14H,2,5,8-11H2,1H3/t13-,14-. The molecule has 1 heteroatoms. The molecule has 0 amide bonds. The Kier molecular flexibility index (Phi) is 4.20. The second-order valence-corrected chi connectivity index (χ2v) is 5.21. The van der Waals surface area contributed by atoms with E-state index in [1.165, 1.54) is 44.1 Å². The van der Waals surface area contributed by atoms with Crippen molar-refractivity contribution in [2.75, 3.05) is 0 Å². The van der Waals surface area contributed by atoms with Gasteiger partial charge in [0.1, 0.15) is 0 Å². The Morgan fingerprint density at radius 2 is 1.88 bits per heavy atom. The molecule has 0 radical (unpaired) electrons. The average molecular weight is 227 g/mol. The van der Waals surface area contributed by atoms with Crippen LogP contribution in [0.3, 0.4) is 0 Å². The SMILES string of the molecule is CCC[C@H]1CC[C@H](c2ccccc2C#N)CC1. The summed E-state index contributed by atoms with van der Waals surface area (Å²) in [6.45, 7) is 2.27.